The number of hydrogen-bond donors (Lipinski definition) is 2. The van der Waals surface area contributed by atoms with Crippen molar-refractivity contribution < 1.29 is 14.0 Å². The average molecular weight is 381 g/mol. The van der Waals surface area contributed by atoms with Crippen molar-refractivity contribution in [1.82, 2.24) is 10.6 Å². The highest BCUT2D eigenvalue weighted by Gasteiger charge is 2.27. The second-order valence-corrected chi connectivity index (χ2v) is 7.48. The van der Waals surface area contributed by atoms with Gasteiger partial charge in [-0.2, -0.15) is 0 Å². The number of carbonyl (C=O) groups excluding carboxylic acids is 2. The van der Waals surface area contributed by atoms with Gasteiger partial charge in [-0.15, -0.1) is 0 Å². The van der Waals surface area contributed by atoms with Gasteiger partial charge in [-0.25, -0.2) is 4.39 Å². The Morgan fingerprint density at radius 1 is 0.786 bits per heavy atom. The highest BCUT2D eigenvalue weighted by atomic mass is 19.1. The number of piperidine rings is 1. The third-order valence-electron chi connectivity index (χ3n) is 5.35. The summed E-state index contributed by atoms with van der Waals surface area (Å²) in [6, 6.07) is 14.0. The molecule has 0 bridgehead atoms. The fourth-order valence-electron chi connectivity index (χ4n) is 3.61. The van der Waals surface area contributed by atoms with E-state index in [4.69, 9.17) is 0 Å². The standard InChI is InChI=1S/C22H24FN3O2/c23-19-7-3-1-5-17(19)21(27)25-16-11-13-26(14-12-16)20-8-4-2-6-18(20)22(28)24-15-9-10-15/h1-8,15-16H,9-14H2,(H,24,28)(H,25,27). The molecule has 2 amide bonds. The largest absolute Gasteiger partial charge is 0.371 e. The van der Waals surface area contributed by atoms with Crippen LogP contribution in [0.15, 0.2) is 48.5 Å². The number of benzene rings is 2. The molecule has 4 rings (SSSR count). The van der Waals surface area contributed by atoms with E-state index < -0.39 is 5.82 Å². The van der Waals surface area contributed by atoms with Crippen molar-refractivity contribution in [2.45, 2.75) is 37.8 Å². The minimum Gasteiger partial charge on any atom is -0.371 e. The maximum Gasteiger partial charge on any atom is 0.254 e. The smallest absolute Gasteiger partial charge is 0.254 e. The van der Waals surface area contributed by atoms with Crippen LogP contribution < -0.4 is 15.5 Å². The first-order valence-corrected chi connectivity index (χ1v) is 9.82. The van der Waals surface area contributed by atoms with Gasteiger partial charge in [0.2, 0.25) is 0 Å². The number of nitrogens with one attached hydrogen (secondary N) is 2. The van der Waals surface area contributed by atoms with Crippen LogP contribution >= 0.6 is 0 Å². The molecule has 1 saturated carbocycles. The molecule has 2 fully saturated rings. The fraction of sp³-hybridized carbons (Fsp3) is 0.364. The van der Waals surface area contributed by atoms with E-state index in [-0.39, 0.29) is 23.4 Å². The number of nitrogens with zero attached hydrogens (tertiary/aromatic N) is 1. The minimum absolute atomic E-state index is 0.00388. The molecule has 28 heavy (non-hydrogen) atoms. The van der Waals surface area contributed by atoms with Gasteiger partial charge in [-0.05, 0) is 49.9 Å². The Hall–Kier alpha value is -2.89. The number of amides is 2. The van der Waals surface area contributed by atoms with Gasteiger partial charge >= 0.3 is 0 Å². The zero-order chi connectivity index (χ0) is 19.5. The van der Waals surface area contributed by atoms with Crippen molar-refractivity contribution in [2.75, 3.05) is 18.0 Å². The van der Waals surface area contributed by atoms with E-state index in [9.17, 15) is 14.0 Å². The topological polar surface area (TPSA) is 61.4 Å². The summed E-state index contributed by atoms with van der Waals surface area (Å²) in [5.74, 6) is -0.901. The third-order valence-corrected chi connectivity index (χ3v) is 5.35. The van der Waals surface area contributed by atoms with Gasteiger partial charge in [0.05, 0.1) is 11.1 Å². The van der Waals surface area contributed by atoms with Crippen LogP contribution in [-0.4, -0.2) is 37.0 Å². The van der Waals surface area contributed by atoms with Crippen LogP contribution in [0.5, 0.6) is 0 Å². The van der Waals surface area contributed by atoms with Gasteiger partial charge in [0.1, 0.15) is 5.82 Å². The summed E-state index contributed by atoms with van der Waals surface area (Å²) in [6.45, 7) is 1.46. The first-order chi connectivity index (χ1) is 13.6. The molecule has 5 nitrogen and oxygen atoms in total. The van der Waals surface area contributed by atoms with Gasteiger partial charge in [-0.3, -0.25) is 9.59 Å². The lowest BCUT2D eigenvalue weighted by atomic mass is 10.0. The zero-order valence-electron chi connectivity index (χ0n) is 15.7. The van der Waals surface area contributed by atoms with E-state index >= 15 is 0 Å². The van der Waals surface area contributed by atoms with Gasteiger partial charge in [0.25, 0.3) is 11.8 Å². The van der Waals surface area contributed by atoms with Crippen LogP contribution in [0.25, 0.3) is 0 Å². The normalized spacial score (nSPS) is 17.2. The van der Waals surface area contributed by atoms with E-state index in [1.165, 1.54) is 12.1 Å². The highest BCUT2D eigenvalue weighted by Crippen LogP contribution is 2.26. The van der Waals surface area contributed by atoms with Gasteiger partial charge in [0, 0.05) is 30.9 Å². The van der Waals surface area contributed by atoms with Crippen LogP contribution in [0.2, 0.25) is 0 Å². The summed E-state index contributed by atoms with van der Waals surface area (Å²) in [5, 5.41) is 5.98. The molecule has 1 heterocycles. The molecule has 0 radical (unpaired) electrons. The summed E-state index contributed by atoms with van der Waals surface area (Å²) < 4.78 is 13.8. The van der Waals surface area contributed by atoms with E-state index in [0.717, 1.165) is 44.5 Å². The fourth-order valence-corrected chi connectivity index (χ4v) is 3.61. The summed E-state index contributed by atoms with van der Waals surface area (Å²) in [5.41, 5.74) is 1.70. The molecule has 146 valence electrons. The predicted molar refractivity (Wildman–Crippen MR) is 106 cm³/mol. The van der Waals surface area contributed by atoms with Crippen LogP contribution in [-0.2, 0) is 0 Å². The minimum atomic E-state index is -0.506. The Balaban J connectivity index is 1.37. The van der Waals surface area contributed by atoms with Crippen LogP contribution in [0.4, 0.5) is 10.1 Å². The molecule has 2 aliphatic rings. The van der Waals surface area contributed by atoms with Crippen molar-refractivity contribution in [2.24, 2.45) is 0 Å². The molecular formula is C22H24FN3O2. The first kappa shape index (κ1) is 18.5. The molecule has 1 aliphatic heterocycles. The molecule has 6 heteroatoms. The van der Waals surface area contributed by atoms with Crippen LogP contribution in [0, 0.1) is 5.82 Å². The summed E-state index contributed by atoms with van der Waals surface area (Å²) in [6.07, 6.45) is 3.61. The van der Waals surface area contributed by atoms with E-state index in [0.29, 0.717) is 11.6 Å². The van der Waals surface area contributed by atoms with Gasteiger partial charge in [-0.1, -0.05) is 24.3 Å². The van der Waals surface area contributed by atoms with Crippen molar-refractivity contribution in [3.05, 3.63) is 65.5 Å². The molecule has 2 aromatic rings. The number of halogens is 1. The number of anilines is 1. The van der Waals surface area contributed by atoms with Crippen LogP contribution in [0.3, 0.4) is 0 Å². The van der Waals surface area contributed by atoms with Crippen molar-refractivity contribution >= 4 is 17.5 Å². The Kier molecular flexibility index (Phi) is 5.28. The van der Waals surface area contributed by atoms with Crippen molar-refractivity contribution in [3.63, 3.8) is 0 Å². The van der Waals surface area contributed by atoms with Crippen molar-refractivity contribution in [3.8, 4) is 0 Å². The number of hydrogen-bond acceptors (Lipinski definition) is 3. The molecule has 0 atom stereocenters. The first-order valence-electron chi connectivity index (χ1n) is 9.82. The molecule has 1 aliphatic carbocycles. The summed E-state index contributed by atoms with van der Waals surface area (Å²) >= 11 is 0. The average Bonchev–Trinajstić information content (AvgIpc) is 3.53. The maximum atomic E-state index is 13.8. The molecule has 0 aromatic heterocycles. The number of rotatable bonds is 5. The Labute approximate surface area is 163 Å². The van der Waals surface area contributed by atoms with Gasteiger partial charge < -0.3 is 15.5 Å². The molecule has 2 N–H and O–H groups in total. The molecular weight excluding hydrogens is 357 g/mol. The SMILES string of the molecule is O=C(NC1CCN(c2ccccc2C(=O)NC2CC2)CC1)c1ccccc1F. The molecule has 2 aromatic carbocycles. The quantitative estimate of drug-likeness (QED) is 0.837. The van der Waals surface area contributed by atoms with E-state index in [1.54, 1.807) is 12.1 Å². The zero-order valence-corrected chi connectivity index (χ0v) is 15.7. The van der Waals surface area contributed by atoms with E-state index in [2.05, 4.69) is 15.5 Å². The number of para-hydroxylation sites is 1. The van der Waals surface area contributed by atoms with Crippen molar-refractivity contribution in [1.29, 1.82) is 0 Å². The van der Waals surface area contributed by atoms with Crippen LogP contribution in [0.1, 0.15) is 46.4 Å². The summed E-state index contributed by atoms with van der Waals surface area (Å²) in [4.78, 5) is 27.0. The second-order valence-electron chi connectivity index (χ2n) is 7.48. The highest BCUT2D eigenvalue weighted by molar-refractivity contribution is 6.00. The van der Waals surface area contributed by atoms with Gasteiger partial charge in [0.15, 0.2) is 0 Å². The molecule has 0 spiro atoms. The molecule has 0 unspecified atom stereocenters. The lowest BCUT2D eigenvalue weighted by Crippen LogP contribution is -2.45. The lowest BCUT2D eigenvalue weighted by molar-refractivity contribution is 0.0925. The molecule has 1 saturated heterocycles. The third kappa shape index (κ3) is 4.16. The maximum absolute atomic E-state index is 13.8. The Morgan fingerprint density at radius 2 is 1.32 bits per heavy atom. The monoisotopic (exact) mass is 381 g/mol. The number of carbonyl (C=O) groups is 2. The van der Waals surface area contributed by atoms with E-state index in [1.807, 2.05) is 24.3 Å². The second kappa shape index (κ2) is 8.00. The summed E-state index contributed by atoms with van der Waals surface area (Å²) in [7, 11) is 0. The lowest BCUT2D eigenvalue weighted by Gasteiger charge is -2.35. The Morgan fingerprint density at radius 3 is 1.96 bits per heavy atom. The Bertz CT molecular complexity index is 874. The predicted octanol–water partition coefficient (Wildman–Crippen LogP) is 3.12.